The van der Waals surface area contributed by atoms with Crippen LogP contribution in [0, 0.1) is 5.92 Å². The Morgan fingerprint density at radius 2 is 2.15 bits per heavy atom. The van der Waals surface area contributed by atoms with Crippen molar-refractivity contribution in [2.45, 2.75) is 25.7 Å². The Balaban J connectivity index is 1.68. The number of benzene rings is 1. The second-order valence-corrected chi connectivity index (χ2v) is 6.87. The summed E-state index contributed by atoms with van der Waals surface area (Å²) in [6.07, 6.45) is 4.66. The molecule has 1 saturated carbocycles. The molecule has 0 bridgehead atoms. The number of nitrogen functional groups attached to an aromatic ring is 1. The highest BCUT2D eigenvalue weighted by molar-refractivity contribution is 5.98. The molecule has 0 saturated heterocycles. The van der Waals surface area contributed by atoms with E-state index in [0.717, 1.165) is 22.0 Å². The quantitative estimate of drug-likeness (QED) is 0.831. The monoisotopic (exact) mass is 353 g/mol. The average molecular weight is 353 g/mol. The zero-order valence-corrected chi connectivity index (χ0v) is 14.6. The van der Waals surface area contributed by atoms with Crippen LogP contribution in [0.15, 0.2) is 41.7 Å². The Morgan fingerprint density at radius 3 is 2.88 bits per heavy atom. The van der Waals surface area contributed by atoms with Crippen molar-refractivity contribution in [3.63, 3.8) is 0 Å². The molecule has 1 aromatic heterocycles. The first-order valence-electron chi connectivity index (χ1n) is 8.51. The molecule has 7 heteroatoms. The maximum absolute atomic E-state index is 13.0. The van der Waals surface area contributed by atoms with Gasteiger partial charge in [-0.25, -0.2) is 9.37 Å². The zero-order chi connectivity index (χ0) is 18.4. The van der Waals surface area contributed by atoms with Gasteiger partial charge in [0.25, 0.3) is 0 Å². The lowest BCUT2D eigenvalue weighted by atomic mass is 10.0. The molecule has 1 aromatic carbocycles. The molecule has 26 heavy (non-hydrogen) atoms. The molecule has 2 heterocycles. The number of nitrogens with one attached hydrogen (secondary N) is 1. The van der Waals surface area contributed by atoms with Crippen LogP contribution in [0.2, 0.25) is 0 Å². The Bertz CT molecular complexity index is 954. The molecule has 1 aliphatic carbocycles. The lowest BCUT2D eigenvalue weighted by Crippen LogP contribution is -2.21. The third kappa shape index (κ3) is 3.00. The summed E-state index contributed by atoms with van der Waals surface area (Å²) in [7, 11) is 1.96. The highest BCUT2D eigenvalue weighted by Gasteiger charge is 2.43. The number of pyridine rings is 1. The Labute approximate surface area is 150 Å². The zero-order valence-electron chi connectivity index (χ0n) is 14.6. The van der Waals surface area contributed by atoms with E-state index >= 15 is 0 Å². The van der Waals surface area contributed by atoms with E-state index in [9.17, 15) is 9.18 Å². The van der Waals surface area contributed by atoms with Gasteiger partial charge in [-0.3, -0.25) is 9.79 Å². The van der Waals surface area contributed by atoms with Crippen LogP contribution in [0.25, 0.3) is 10.8 Å². The van der Waals surface area contributed by atoms with E-state index in [0.29, 0.717) is 11.5 Å². The van der Waals surface area contributed by atoms with Crippen LogP contribution < -0.4 is 11.1 Å². The SMILES string of the molecule is CC1=NC(c2cc(N)c3cnc(NC(=O)[C@@H]4C[C@@H]4F)cc3c2)N(C)C=C1. The van der Waals surface area contributed by atoms with Gasteiger partial charge in [-0.1, -0.05) is 0 Å². The number of carbonyl (C=O) groups excluding carboxylic acids is 1. The Morgan fingerprint density at radius 1 is 1.38 bits per heavy atom. The van der Waals surface area contributed by atoms with Crippen LogP contribution in [0.4, 0.5) is 15.9 Å². The lowest BCUT2D eigenvalue weighted by molar-refractivity contribution is -0.117. The minimum absolute atomic E-state index is 0.156. The van der Waals surface area contributed by atoms with Crippen LogP contribution in [0.3, 0.4) is 0 Å². The predicted molar refractivity (Wildman–Crippen MR) is 101 cm³/mol. The fourth-order valence-corrected chi connectivity index (χ4v) is 3.13. The molecule has 1 unspecified atom stereocenters. The van der Waals surface area contributed by atoms with Crippen molar-refractivity contribution >= 4 is 33.9 Å². The van der Waals surface area contributed by atoms with Crippen molar-refractivity contribution in [3.8, 4) is 0 Å². The predicted octanol–water partition coefficient (Wildman–Crippen LogP) is 3.03. The van der Waals surface area contributed by atoms with Gasteiger partial charge in [0.2, 0.25) is 5.91 Å². The molecule has 6 nitrogen and oxygen atoms in total. The third-order valence-corrected chi connectivity index (χ3v) is 4.75. The molecule has 4 rings (SSSR count). The first-order valence-corrected chi connectivity index (χ1v) is 8.51. The van der Waals surface area contributed by atoms with Gasteiger partial charge in [0.15, 0.2) is 0 Å². The smallest absolute Gasteiger partial charge is 0.231 e. The molecule has 2 aromatic rings. The average Bonchev–Trinajstić information content (AvgIpc) is 3.33. The van der Waals surface area contributed by atoms with Gasteiger partial charge in [0, 0.05) is 36.2 Å². The number of rotatable bonds is 3. The first-order chi connectivity index (χ1) is 12.4. The summed E-state index contributed by atoms with van der Waals surface area (Å²) in [6, 6.07) is 5.66. The number of amides is 1. The van der Waals surface area contributed by atoms with Gasteiger partial charge in [0.05, 0.1) is 5.92 Å². The topological polar surface area (TPSA) is 83.6 Å². The van der Waals surface area contributed by atoms with Crippen molar-refractivity contribution in [2.24, 2.45) is 10.9 Å². The number of alkyl halides is 1. The van der Waals surface area contributed by atoms with E-state index in [-0.39, 0.29) is 18.5 Å². The highest BCUT2D eigenvalue weighted by Crippen LogP contribution is 2.35. The molecule has 0 spiro atoms. The summed E-state index contributed by atoms with van der Waals surface area (Å²) in [5.41, 5.74) is 8.71. The molecule has 1 aliphatic heterocycles. The van der Waals surface area contributed by atoms with Crippen molar-refractivity contribution in [1.29, 1.82) is 0 Å². The second-order valence-electron chi connectivity index (χ2n) is 6.87. The van der Waals surface area contributed by atoms with Crippen molar-refractivity contribution in [2.75, 3.05) is 18.1 Å². The summed E-state index contributed by atoms with van der Waals surface area (Å²) < 4.78 is 13.0. The highest BCUT2D eigenvalue weighted by atomic mass is 19.1. The van der Waals surface area contributed by atoms with E-state index in [1.807, 2.05) is 43.3 Å². The molecule has 2 aliphatic rings. The number of nitrogens with two attached hydrogens (primary N) is 1. The molecule has 3 atom stereocenters. The summed E-state index contributed by atoms with van der Waals surface area (Å²) in [4.78, 5) is 22.8. The summed E-state index contributed by atoms with van der Waals surface area (Å²) >= 11 is 0. The van der Waals surface area contributed by atoms with Gasteiger partial charge >= 0.3 is 0 Å². The summed E-state index contributed by atoms with van der Waals surface area (Å²) in [5.74, 6) is -0.482. The van der Waals surface area contributed by atoms with Gasteiger partial charge in [-0.05, 0) is 48.6 Å². The van der Waals surface area contributed by atoms with Gasteiger partial charge in [-0.2, -0.15) is 0 Å². The molecule has 3 N–H and O–H groups in total. The number of hydrogen-bond donors (Lipinski definition) is 2. The first kappa shape index (κ1) is 16.5. The number of anilines is 2. The number of carbonyl (C=O) groups is 1. The second kappa shape index (κ2) is 6.09. The van der Waals surface area contributed by atoms with Crippen molar-refractivity contribution in [3.05, 3.63) is 42.2 Å². The van der Waals surface area contributed by atoms with Gasteiger partial charge in [0.1, 0.15) is 18.2 Å². The van der Waals surface area contributed by atoms with E-state index in [1.165, 1.54) is 0 Å². The number of nitrogens with zero attached hydrogens (tertiary/aromatic N) is 3. The van der Waals surface area contributed by atoms with E-state index in [1.54, 1.807) is 12.3 Å². The van der Waals surface area contributed by atoms with E-state index < -0.39 is 12.1 Å². The number of aromatic nitrogens is 1. The number of fused-ring (bicyclic) bond motifs is 1. The Hall–Kier alpha value is -2.96. The van der Waals surface area contributed by atoms with Crippen molar-refractivity contribution in [1.82, 2.24) is 9.88 Å². The van der Waals surface area contributed by atoms with E-state index in [4.69, 9.17) is 5.73 Å². The Kier molecular flexibility index (Phi) is 3.86. The van der Waals surface area contributed by atoms with Gasteiger partial charge in [-0.15, -0.1) is 0 Å². The maximum Gasteiger partial charge on any atom is 0.231 e. The van der Waals surface area contributed by atoms with E-state index in [2.05, 4.69) is 15.3 Å². The molecule has 1 fully saturated rings. The summed E-state index contributed by atoms with van der Waals surface area (Å²) in [5, 5.41) is 4.34. The lowest BCUT2D eigenvalue weighted by Gasteiger charge is -2.27. The molecular weight excluding hydrogens is 333 g/mol. The number of allylic oxidation sites excluding steroid dienone is 1. The van der Waals surface area contributed by atoms with Crippen LogP contribution >= 0.6 is 0 Å². The van der Waals surface area contributed by atoms with Crippen LogP contribution in [-0.4, -0.2) is 34.7 Å². The standard InChI is InChI=1S/C19H20FN5O/c1-10-3-4-25(2)18(23-10)12-5-11-7-17(22-9-14(11)16(21)6-12)24-19(26)13-8-15(13)20/h3-7,9,13,15,18H,8,21H2,1-2H3,(H,22,24,26)/t13-,15+,18?/m1/s1. The van der Waals surface area contributed by atoms with Crippen LogP contribution in [-0.2, 0) is 4.79 Å². The fourth-order valence-electron chi connectivity index (χ4n) is 3.13. The van der Waals surface area contributed by atoms with Crippen LogP contribution in [0.5, 0.6) is 0 Å². The van der Waals surface area contributed by atoms with Crippen molar-refractivity contribution < 1.29 is 9.18 Å². The maximum atomic E-state index is 13.0. The minimum Gasteiger partial charge on any atom is -0.398 e. The molecular formula is C19H20FN5O. The third-order valence-electron chi connectivity index (χ3n) is 4.75. The minimum atomic E-state index is -1.03. The molecule has 134 valence electrons. The van der Waals surface area contributed by atoms with Gasteiger partial charge < -0.3 is 16.0 Å². The summed E-state index contributed by atoms with van der Waals surface area (Å²) in [6.45, 7) is 1.95. The fraction of sp³-hybridized carbons (Fsp3) is 0.316. The number of aliphatic imine (C=N–C) groups is 1. The largest absolute Gasteiger partial charge is 0.398 e. The number of halogens is 1. The molecule has 1 amide bonds. The molecule has 0 radical (unpaired) electrons. The number of hydrogen-bond acceptors (Lipinski definition) is 5. The normalized spacial score (nSPS) is 24.5. The van der Waals surface area contributed by atoms with Crippen LogP contribution in [0.1, 0.15) is 25.1 Å².